The largest absolute Gasteiger partial charge is 0.485 e. The molecule has 0 bridgehead atoms. The molecule has 8 nitrogen and oxygen atoms in total. The number of carbonyl (C=O) groups is 2. The van der Waals surface area contributed by atoms with Gasteiger partial charge in [-0.05, 0) is 56.5 Å². The first-order valence-corrected chi connectivity index (χ1v) is 18.8. The molecule has 2 heterocycles. The first-order chi connectivity index (χ1) is 21.2. The molecule has 45 heavy (non-hydrogen) atoms. The SMILES string of the molecule is Cc1cc(OCc2c(F)cccc2F)c2nc(C)c(C(=O)NCC(C)(CCC[Si](C)(C)C)NC(=O)OCc3ccccc3)n2c1. The minimum Gasteiger partial charge on any atom is -0.485 e. The lowest BCUT2D eigenvalue weighted by molar-refractivity contribution is 0.0921. The van der Waals surface area contributed by atoms with Crippen LogP contribution in [0.25, 0.3) is 5.65 Å². The number of ether oxygens (including phenoxy) is 2. The van der Waals surface area contributed by atoms with E-state index in [1.54, 1.807) is 23.6 Å². The molecule has 2 aromatic carbocycles. The molecule has 4 rings (SSSR count). The third kappa shape index (κ3) is 9.13. The van der Waals surface area contributed by atoms with Crippen molar-refractivity contribution in [2.24, 2.45) is 0 Å². The molecule has 2 N–H and O–H groups in total. The molecule has 1 atom stereocenters. The number of hydrogen-bond acceptors (Lipinski definition) is 5. The highest BCUT2D eigenvalue weighted by atomic mass is 28.3. The summed E-state index contributed by atoms with van der Waals surface area (Å²) in [6.45, 7) is 12.3. The van der Waals surface area contributed by atoms with Crippen molar-refractivity contribution in [3.05, 3.63) is 101 Å². The molecule has 11 heteroatoms. The molecular weight excluding hydrogens is 594 g/mol. The van der Waals surface area contributed by atoms with E-state index in [1.165, 1.54) is 18.2 Å². The van der Waals surface area contributed by atoms with Crippen LogP contribution < -0.4 is 15.4 Å². The molecular formula is C34H42F2N4O4Si. The Morgan fingerprint density at radius 1 is 1.00 bits per heavy atom. The van der Waals surface area contributed by atoms with Gasteiger partial charge in [0.2, 0.25) is 0 Å². The van der Waals surface area contributed by atoms with Crippen molar-refractivity contribution in [2.75, 3.05) is 6.54 Å². The summed E-state index contributed by atoms with van der Waals surface area (Å²) < 4.78 is 41.4. The van der Waals surface area contributed by atoms with Gasteiger partial charge in [-0.25, -0.2) is 18.6 Å². The quantitative estimate of drug-likeness (QED) is 0.150. The van der Waals surface area contributed by atoms with E-state index in [0.29, 0.717) is 29.2 Å². The maximum atomic E-state index is 14.2. The Hall–Kier alpha value is -4.25. The van der Waals surface area contributed by atoms with Gasteiger partial charge in [-0.1, -0.05) is 68.5 Å². The van der Waals surface area contributed by atoms with Crippen molar-refractivity contribution in [3.63, 3.8) is 0 Å². The number of imidazole rings is 1. The van der Waals surface area contributed by atoms with E-state index in [0.717, 1.165) is 23.6 Å². The molecule has 2 aromatic heterocycles. The van der Waals surface area contributed by atoms with Crippen LogP contribution in [0, 0.1) is 25.5 Å². The maximum Gasteiger partial charge on any atom is 0.407 e. The minimum atomic E-state index is -1.32. The number of benzene rings is 2. The van der Waals surface area contributed by atoms with Gasteiger partial charge in [-0.3, -0.25) is 9.20 Å². The molecule has 0 aliphatic carbocycles. The zero-order chi connectivity index (χ0) is 32.8. The van der Waals surface area contributed by atoms with E-state index in [2.05, 4.69) is 35.3 Å². The predicted octanol–water partition coefficient (Wildman–Crippen LogP) is 7.34. The number of alkyl carbamates (subject to hydrolysis) is 1. The first-order valence-electron chi connectivity index (χ1n) is 15.1. The molecule has 0 aliphatic heterocycles. The highest BCUT2D eigenvalue weighted by Gasteiger charge is 2.30. The summed E-state index contributed by atoms with van der Waals surface area (Å²) in [5.74, 6) is -1.50. The second-order valence-electron chi connectivity index (χ2n) is 13.0. The van der Waals surface area contributed by atoms with Gasteiger partial charge in [0.05, 0.1) is 16.8 Å². The van der Waals surface area contributed by atoms with Crippen molar-refractivity contribution >= 4 is 25.7 Å². The van der Waals surface area contributed by atoms with Gasteiger partial charge in [0, 0.05) is 20.8 Å². The van der Waals surface area contributed by atoms with Crippen molar-refractivity contribution in [3.8, 4) is 5.75 Å². The summed E-state index contributed by atoms with van der Waals surface area (Å²) in [6.07, 6.45) is 2.73. The number of amides is 2. The zero-order valence-electron chi connectivity index (χ0n) is 26.8. The number of nitrogens with one attached hydrogen (secondary N) is 2. The third-order valence-electron chi connectivity index (χ3n) is 7.56. The van der Waals surface area contributed by atoms with Gasteiger partial charge in [0.1, 0.15) is 30.5 Å². The number of nitrogens with zero attached hydrogens (tertiary/aromatic N) is 2. The Kier molecular flexibility index (Phi) is 10.6. The normalized spacial score (nSPS) is 12.9. The maximum absolute atomic E-state index is 14.2. The van der Waals surface area contributed by atoms with Crippen LogP contribution in [0.1, 0.15) is 52.6 Å². The first kappa shape index (κ1) is 33.6. The lowest BCUT2D eigenvalue weighted by atomic mass is 9.96. The minimum absolute atomic E-state index is 0.137. The molecule has 0 saturated heterocycles. The van der Waals surface area contributed by atoms with Gasteiger partial charge in [-0.2, -0.15) is 0 Å². The van der Waals surface area contributed by atoms with Crippen molar-refractivity contribution in [1.82, 2.24) is 20.0 Å². The Balaban J connectivity index is 1.51. The van der Waals surface area contributed by atoms with Crippen LogP contribution in [-0.4, -0.2) is 41.5 Å². The van der Waals surface area contributed by atoms with Gasteiger partial charge in [0.15, 0.2) is 11.4 Å². The van der Waals surface area contributed by atoms with E-state index < -0.39 is 31.3 Å². The van der Waals surface area contributed by atoms with Crippen LogP contribution >= 0.6 is 0 Å². The van der Waals surface area contributed by atoms with E-state index in [4.69, 9.17) is 9.47 Å². The number of fused-ring (bicyclic) bond motifs is 1. The molecule has 2 amide bonds. The summed E-state index contributed by atoms with van der Waals surface area (Å²) in [6, 6.07) is 15.9. The van der Waals surface area contributed by atoms with Crippen LogP contribution in [0.2, 0.25) is 25.7 Å². The number of aryl methyl sites for hydroxylation is 2. The van der Waals surface area contributed by atoms with E-state index in [9.17, 15) is 18.4 Å². The highest BCUT2D eigenvalue weighted by molar-refractivity contribution is 6.76. The number of carbonyl (C=O) groups excluding carboxylic acids is 2. The van der Waals surface area contributed by atoms with Crippen molar-refractivity contribution in [1.29, 1.82) is 0 Å². The highest BCUT2D eigenvalue weighted by Crippen LogP contribution is 2.26. The lowest BCUT2D eigenvalue weighted by Gasteiger charge is -2.31. The van der Waals surface area contributed by atoms with Gasteiger partial charge < -0.3 is 20.1 Å². The van der Waals surface area contributed by atoms with Gasteiger partial charge in [-0.15, -0.1) is 0 Å². The fourth-order valence-corrected chi connectivity index (χ4v) is 6.36. The zero-order valence-corrected chi connectivity index (χ0v) is 27.8. The predicted molar refractivity (Wildman–Crippen MR) is 173 cm³/mol. The second-order valence-corrected chi connectivity index (χ2v) is 18.6. The van der Waals surface area contributed by atoms with Crippen LogP contribution in [0.3, 0.4) is 0 Å². The van der Waals surface area contributed by atoms with E-state index in [1.807, 2.05) is 44.2 Å². The molecule has 0 aliphatic rings. The van der Waals surface area contributed by atoms with Crippen molar-refractivity contribution in [2.45, 2.75) is 78.1 Å². The summed E-state index contributed by atoms with van der Waals surface area (Å²) in [7, 11) is -1.32. The number of aromatic nitrogens is 2. The molecule has 0 spiro atoms. The Morgan fingerprint density at radius 2 is 1.69 bits per heavy atom. The number of pyridine rings is 1. The summed E-state index contributed by atoms with van der Waals surface area (Å²) in [5, 5.41) is 6.00. The lowest BCUT2D eigenvalue weighted by Crippen LogP contribution is -2.54. The van der Waals surface area contributed by atoms with Crippen LogP contribution in [-0.2, 0) is 18.0 Å². The van der Waals surface area contributed by atoms with Crippen LogP contribution in [0.15, 0.2) is 60.8 Å². The topological polar surface area (TPSA) is 94.0 Å². The molecule has 1 unspecified atom stereocenters. The molecule has 240 valence electrons. The Labute approximate surface area is 264 Å². The molecule has 0 fully saturated rings. The number of rotatable bonds is 13. The molecule has 0 saturated carbocycles. The smallest absolute Gasteiger partial charge is 0.407 e. The summed E-state index contributed by atoms with van der Waals surface area (Å²) in [5.41, 5.74) is 1.77. The Bertz CT molecular complexity index is 1640. The fraction of sp³-hybridized carbons (Fsp3) is 0.382. The van der Waals surface area contributed by atoms with E-state index in [-0.39, 0.29) is 31.2 Å². The second kappa shape index (κ2) is 14.2. The monoisotopic (exact) mass is 636 g/mol. The molecule has 0 radical (unpaired) electrons. The summed E-state index contributed by atoms with van der Waals surface area (Å²) in [4.78, 5) is 31.1. The average molecular weight is 637 g/mol. The number of hydrogen-bond donors (Lipinski definition) is 2. The van der Waals surface area contributed by atoms with Gasteiger partial charge in [0.25, 0.3) is 5.91 Å². The fourth-order valence-electron chi connectivity index (χ4n) is 5.13. The van der Waals surface area contributed by atoms with Crippen LogP contribution in [0.4, 0.5) is 13.6 Å². The standard InChI is InChI=1S/C34H42F2N4O4Si/c1-23-18-29(43-21-26-27(35)14-10-15-28(26)36)31-38-24(2)30(40(31)19-23)32(41)37-22-34(3,16-11-17-45(4,5)6)39-33(42)44-20-25-12-8-7-9-13-25/h7-10,12-15,18-19H,11,16-17,20-22H2,1-6H3,(H,37,41)(H,39,42). The molecule has 4 aromatic rings. The summed E-state index contributed by atoms with van der Waals surface area (Å²) >= 11 is 0. The van der Waals surface area contributed by atoms with E-state index >= 15 is 0 Å². The van der Waals surface area contributed by atoms with Crippen LogP contribution in [0.5, 0.6) is 5.75 Å². The number of halogens is 2. The van der Waals surface area contributed by atoms with Gasteiger partial charge >= 0.3 is 6.09 Å². The average Bonchev–Trinajstić information content (AvgIpc) is 3.30. The third-order valence-corrected chi connectivity index (χ3v) is 9.41. The van der Waals surface area contributed by atoms with Crippen molar-refractivity contribution < 1.29 is 27.8 Å². The Morgan fingerprint density at radius 3 is 2.36 bits per heavy atom.